The average molecular weight is 195 g/mol. The van der Waals surface area contributed by atoms with E-state index in [4.69, 9.17) is 10.5 Å². The Morgan fingerprint density at radius 3 is 3.07 bits per heavy atom. The molecular weight excluding hydrogens is 185 g/mol. The third-order valence-electron chi connectivity index (χ3n) is 2.27. The van der Waals surface area contributed by atoms with Gasteiger partial charge in [0.15, 0.2) is 5.78 Å². The Morgan fingerprint density at radius 2 is 2.36 bits per heavy atom. The number of carbonyl (C=O) groups excluding carboxylic acids is 1. The summed E-state index contributed by atoms with van der Waals surface area (Å²) >= 11 is 0. The molecule has 1 aliphatic heterocycles. The van der Waals surface area contributed by atoms with Crippen LogP contribution in [0.2, 0.25) is 0 Å². The summed E-state index contributed by atoms with van der Waals surface area (Å²) in [5.74, 6) is -0.595. The largest absolute Gasteiger partial charge is 0.492 e. The van der Waals surface area contributed by atoms with Crippen LogP contribution in [0.3, 0.4) is 0 Å². The molecule has 0 saturated heterocycles. The minimum absolute atomic E-state index is 0.00231. The van der Waals surface area contributed by atoms with E-state index in [9.17, 15) is 9.18 Å². The molecule has 0 atom stereocenters. The van der Waals surface area contributed by atoms with E-state index in [1.807, 2.05) is 0 Å². The van der Waals surface area contributed by atoms with Crippen LogP contribution in [0.1, 0.15) is 15.9 Å². The van der Waals surface area contributed by atoms with Crippen molar-refractivity contribution in [1.82, 2.24) is 0 Å². The summed E-state index contributed by atoms with van der Waals surface area (Å²) in [4.78, 5) is 11.3. The quantitative estimate of drug-likeness (QED) is 0.713. The van der Waals surface area contributed by atoms with Gasteiger partial charge in [0.2, 0.25) is 0 Å². The molecule has 14 heavy (non-hydrogen) atoms. The molecule has 0 spiro atoms. The molecular formula is C10H10FNO2. The van der Waals surface area contributed by atoms with E-state index in [-0.39, 0.29) is 12.1 Å². The first-order valence-electron chi connectivity index (χ1n) is 4.41. The van der Waals surface area contributed by atoms with E-state index in [1.54, 1.807) is 6.07 Å². The number of hydrogen-bond acceptors (Lipinski definition) is 3. The maximum absolute atomic E-state index is 13.3. The number of ether oxygens (including phenoxy) is 1. The molecule has 1 heterocycles. The van der Waals surface area contributed by atoms with Gasteiger partial charge < -0.3 is 10.5 Å². The van der Waals surface area contributed by atoms with Crippen LogP contribution in [0.15, 0.2) is 12.1 Å². The Morgan fingerprint density at radius 1 is 1.57 bits per heavy atom. The fraction of sp³-hybridized carbons (Fsp3) is 0.300. The number of ketones is 1. The van der Waals surface area contributed by atoms with Crippen molar-refractivity contribution < 1.29 is 13.9 Å². The lowest BCUT2D eigenvalue weighted by Crippen LogP contribution is -2.16. The number of carbonyl (C=O) groups is 1. The van der Waals surface area contributed by atoms with Gasteiger partial charge >= 0.3 is 0 Å². The highest BCUT2D eigenvalue weighted by Gasteiger charge is 2.23. The molecule has 0 aromatic heterocycles. The summed E-state index contributed by atoms with van der Waals surface area (Å²) in [6.45, 7) is 0.306. The van der Waals surface area contributed by atoms with Gasteiger partial charge in [-0.3, -0.25) is 4.79 Å². The zero-order valence-corrected chi connectivity index (χ0v) is 7.55. The number of nitrogens with two attached hydrogens (primary N) is 1. The SMILES string of the molecule is NCC(=O)c1c(F)ccc2c1OCC2. The molecule has 3 nitrogen and oxygen atoms in total. The maximum atomic E-state index is 13.3. The van der Waals surface area contributed by atoms with Crippen molar-refractivity contribution in [3.8, 4) is 5.75 Å². The molecule has 1 aromatic carbocycles. The van der Waals surface area contributed by atoms with Gasteiger partial charge in [-0.2, -0.15) is 0 Å². The highest BCUT2D eigenvalue weighted by atomic mass is 19.1. The van der Waals surface area contributed by atoms with Crippen LogP contribution in [0.25, 0.3) is 0 Å². The lowest BCUT2D eigenvalue weighted by atomic mass is 10.0. The van der Waals surface area contributed by atoms with Crippen LogP contribution in [0.4, 0.5) is 4.39 Å². The molecule has 0 aliphatic carbocycles. The van der Waals surface area contributed by atoms with Gasteiger partial charge in [0.05, 0.1) is 18.7 Å². The van der Waals surface area contributed by atoms with Crippen LogP contribution in [-0.4, -0.2) is 18.9 Å². The third-order valence-corrected chi connectivity index (χ3v) is 2.27. The van der Waals surface area contributed by atoms with Gasteiger partial charge in [0, 0.05) is 6.42 Å². The Hall–Kier alpha value is -1.42. The minimum atomic E-state index is -0.555. The Balaban J connectivity index is 2.57. The second kappa shape index (κ2) is 3.38. The van der Waals surface area contributed by atoms with Gasteiger partial charge in [-0.15, -0.1) is 0 Å². The normalized spacial score (nSPS) is 13.6. The van der Waals surface area contributed by atoms with Crippen LogP contribution in [0.5, 0.6) is 5.75 Å². The monoisotopic (exact) mass is 195 g/mol. The average Bonchev–Trinajstić information content (AvgIpc) is 2.64. The smallest absolute Gasteiger partial charge is 0.183 e. The van der Waals surface area contributed by atoms with Crippen molar-refractivity contribution in [3.63, 3.8) is 0 Å². The molecule has 0 saturated carbocycles. The Labute approximate surface area is 80.7 Å². The Bertz CT molecular complexity index is 390. The minimum Gasteiger partial charge on any atom is -0.492 e. The second-order valence-corrected chi connectivity index (χ2v) is 3.14. The van der Waals surface area contributed by atoms with E-state index in [2.05, 4.69) is 0 Å². The van der Waals surface area contributed by atoms with E-state index in [0.29, 0.717) is 12.4 Å². The maximum Gasteiger partial charge on any atom is 0.183 e. The molecule has 0 radical (unpaired) electrons. The van der Waals surface area contributed by atoms with Crippen molar-refractivity contribution in [1.29, 1.82) is 0 Å². The van der Waals surface area contributed by atoms with Crippen molar-refractivity contribution in [2.24, 2.45) is 5.73 Å². The summed E-state index contributed by atoms with van der Waals surface area (Å²) in [6, 6.07) is 2.93. The predicted octanol–water partition coefficient (Wildman–Crippen LogP) is 0.902. The highest BCUT2D eigenvalue weighted by molar-refractivity contribution is 6.00. The van der Waals surface area contributed by atoms with E-state index in [0.717, 1.165) is 12.0 Å². The number of rotatable bonds is 2. The number of Topliss-reactive ketones (excluding diaryl/α,β-unsaturated/α-hetero) is 1. The Kier molecular flexibility index (Phi) is 2.21. The first-order valence-corrected chi connectivity index (χ1v) is 4.41. The molecule has 74 valence electrons. The molecule has 4 heteroatoms. The van der Waals surface area contributed by atoms with Gasteiger partial charge in [-0.05, 0) is 11.6 Å². The van der Waals surface area contributed by atoms with Gasteiger partial charge in [0.25, 0.3) is 0 Å². The first-order chi connectivity index (χ1) is 6.74. The van der Waals surface area contributed by atoms with Crippen molar-refractivity contribution >= 4 is 5.78 Å². The summed E-state index contributed by atoms with van der Waals surface area (Å²) in [6.07, 6.45) is 0.723. The number of fused-ring (bicyclic) bond motifs is 1. The zero-order valence-electron chi connectivity index (χ0n) is 7.55. The molecule has 0 amide bonds. The fourth-order valence-corrected chi connectivity index (χ4v) is 1.59. The van der Waals surface area contributed by atoms with Crippen LogP contribution in [-0.2, 0) is 6.42 Å². The van der Waals surface area contributed by atoms with Gasteiger partial charge in [-0.1, -0.05) is 6.07 Å². The van der Waals surface area contributed by atoms with Crippen molar-refractivity contribution in [2.45, 2.75) is 6.42 Å². The first kappa shape index (κ1) is 9.15. The molecule has 0 fully saturated rings. The van der Waals surface area contributed by atoms with Crippen LogP contribution >= 0.6 is 0 Å². The van der Waals surface area contributed by atoms with Gasteiger partial charge in [-0.25, -0.2) is 4.39 Å². The summed E-state index contributed by atoms with van der Waals surface area (Å²) in [7, 11) is 0. The van der Waals surface area contributed by atoms with Crippen molar-refractivity contribution in [2.75, 3.05) is 13.2 Å². The number of benzene rings is 1. The van der Waals surface area contributed by atoms with Crippen LogP contribution < -0.4 is 10.5 Å². The lowest BCUT2D eigenvalue weighted by molar-refractivity contribution is 0.0994. The van der Waals surface area contributed by atoms with Gasteiger partial charge in [0.1, 0.15) is 11.6 Å². The van der Waals surface area contributed by atoms with Crippen LogP contribution in [0, 0.1) is 5.82 Å². The van der Waals surface area contributed by atoms with Crippen molar-refractivity contribution in [3.05, 3.63) is 29.1 Å². The standard InChI is InChI=1S/C10H10FNO2/c11-7-2-1-6-3-4-14-10(6)9(7)8(13)5-12/h1-2H,3-5,12H2. The zero-order chi connectivity index (χ0) is 10.1. The summed E-state index contributed by atoms with van der Waals surface area (Å²) < 4.78 is 18.5. The second-order valence-electron chi connectivity index (χ2n) is 3.14. The fourth-order valence-electron chi connectivity index (χ4n) is 1.59. The molecule has 1 aliphatic rings. The number of hydrogen-bond donors (Lipinski definition) is 1. The molecule has 0 bridgehead atoms. The van der Waals surface area contributed by atoms with E-state index < -0.39 is 11.6 Å². The number of halogens is 1. The molecule has 1 aromatic rings. The summed E-state index contributed by atoms with van der Waals surface area (Å²) in [5, 5.41) is 0. The third kappa shape index (κ3) is 1.28. The summed E-state index contributed by atoms with van der Waals surface area (Å²) in [5.41, 5.74) is 6.08. The predicted molar refractivity (Wildman–Crippen MR) is 49.0 cm³/mol. The molecule has 2 rings (SSSR count). The van der Waals surface area contributed by atoms with E-state index >= 15 is 0 Å². The topological polar surface area (TPSA) is 52.3 Å². The molecule has 0 unspecified atom stereocenters. The molecule has 2 N–H and O–H groups in total. The lowest BCUT2D eigenvalue weighted by Gasteiger charge is -2.06. The highest BCUT2D eigenvalue weighted by Crippen LogP contribution is 2.31. The van der Waals surface area contributed by atoms with E-state index in [1.165, 1.54) is 6.07 Å².